The third-order valence-corrected chi connectivity index (χ3v) is 5.79. The van der Waals surface area contributed by atoms with Crippen molar-refractivity contribution in [1.82, 2.24) is 5.32 Å². The molecule has 0 aliphatic carbocycles. The molecule has 2 aromatic rings. The van der Waals surface area contributed by atoms with Crippen LogP contribution in [0.1, 0.15) is 35.8 Å². The first-order valence-electron chi connectivity index (χ1n) is 7.36. The van der Waals surface area contributed by atoms with Gasteiger partial charge in [-0.3, -0.25) is 4.79 Å². The number of nitrogens with two attached hydrogens (primary N) is 1. The van der Waals surface area contributed by atoms with Gasteiger partial charge in [0.2, 0.25) is 10.0 Å². The molecule has 1 heterocycles. The lowest BCUT2D eigenvalue weighted by Crippen LogP contribution is -2.37. The normalized spacial score (nSPS) is 13.7. The Bertz CT molecular complexity index is 862. The first kappa shape index (κ1) is 19.1. The zero-order chi connectivity index (χ0) is 18.6. The summed E-state index contributed by atoms with van der Waals surface area (Å²) in [5.74, 6) is -1.24. The molecule has 0 aliphatic heterocycles. The fourth-order valence-electron chi connectivity index (χ4n) is 2.01. The predicted molar refractivity (Wildman–Crippen MR) is 93.6 cm³/mol. The Morgan fingerprint density at radius 2 is 1.84 bits per heavy atom. The van der Waals surface area contributed by atoms with Crippen molar-refractivity contribution in [3.05, 3.63) is 52.9 Å². The van der Waals surface area contributed by atoms with Crippen LogP contribution in [0.15, 0.2) is 46.0 Å². The van der Waals surface area contributed by atoms with Gasteiger partial charge in [-0.05, 0) is 25.5 Å². The average Bonchev–Trinajstić information content (AvgIpc) is 3.06. The van der Waals surface area contributed by atoms with Crippen molar-refractivity contribution in [1.29, 1.82) is 0 Å². The summed E-state index contributed by atoms with van der Waals surface area (Å²) in [5, 5.41) is 9.07. The fourth-order valence-corrected chi connectivity index (χ4v) is 3.59. The van der Waals surface area contributed by atoms with Crippen LogP contribution in [0.2, 0.25) is 0 Å². The number of rotatable bonds is 6. The molecule has 2 atom stereocenters. The number of amides is 1. The van der Waals surface area contributed by atoms with Crippen LogP contribution < -0.4 is 10.5 Å². The minimum Gasteiger partial charge on any atom is -0.449 e. The highest BCUT2D eigenvalue weighted by atomic mass is 32.2. The Morgan fingerprint density at radius 3 is 2.40 bits per heavy atom. The molecule has 0 spiro atoms. The Hall–Kier alpha value is -2.23. The topological polar surface area (TPSA) is 116 Å². The number of thiophene rings is 1. The molecule has 1 aromatic heterocycles. The Morgan fingerprint density at radius 1 is 1.20 bits per heavy atom. The maximum atomic E-state index is 12.2. The van der Waals surface area contributed by atoms with E-state index < -0.39 is 28.0 Å². The molecule has 0 unspecified atom stereocenters. The smallest absolute Gasteiger partial charge is 0.339 e. The number of carbonyl (C=O) groups is 2. The monoisotopic (exact) mass is 382 g/mol. The van der Waals surface area contributed by atoms with E-state index in [0.29, 0.717) is 0 Å². The lowest BCUT2D eigenvalue weighted by Gasteiger charge is -2.18. The van der Waals surface area contributed by atoms with Gasteiger partial charge >= 0.3 is 5.97 Å². The first-order chi connectivity index (χ1) is 11.7. The van der Waals surface area contributed by atoms with Crippen LogP contribution in [0.5, 0.6) is 0 Å². The molecule has 0 saturated heterocycles. The van der Waals surface area contributed by atoms with E-state index in [0.717, 1.165) is 23.0 Å². The van der Waals surface area contributed by atoms with Crippen LogP contribution in [-0.4, -0.2) is 26.4 Å². The van der Waals surface area contributed by atoms with Crippen molar-refractivity contribution in [3.8, 4) is 0 Å². The molecule has 0 bridgehead atoms. The van der Waals surface area contributed by atoms with E-state index in [-0.39, 0.29) is 15.8 Å². The predicted octanol–water partition coefficient (Wildman–Crippen LogP) is 1.82. The van der Waals surface area contributed by atoms with E-state index in [1.54, 1.807) is 0 Å². The number of nitrogens with one attached hydrogen (secondary N) is 1. The fraction of sp³-hybridized carbons (Fsp3) is 0.250. The maximum Gasteiger partial charge on any atom is 0.339 e. The van der Waals surface area contributed by atoms with Crippen molar-refractivity contribution >= 4 is 33.2 Å². The first-order valence-corrected chi connectivity index (χ1v) is 9.78. The molecule has 9 heteroatoms. The second kappa shape index (κ2) is 7.77. The van der Waals surface area contributed by atoms with Crippen LogP contribution in [0, 0.1) is 0 Å². The van der Waals surface area contributed by atoms with Crippen LogP contribution in [0.3, 0.4) is 0 Å². The Kier molecular flexibility index (Phi) is 5.93. The highest BCUT2D eigenvalue weighted by Crippen LogP contribution is 2.20. The van der Waals surface area contributed by atoms with E-state index in [4.69, 9.17) is 9.88 Å². The second-order valence-electron chi connectivity index (χ2n) is 5.39. The number of benzene rings is 1. The minimum atomic E-state index is -3.88. The molecule has 7 nitrogen and oxygen atoms in total. The molecule has 0 fully saturated rings. The van der Waals surface area contributed by atoms with Gasteiger partial charge in [0.25, 0.3) is 5.91 Å². The minimum absolute atomic E-state index is 0.0322. The third-order valence-electron chi connectivity index (χ3n) is 3.40. The van der Waals surface area contributed by atoms with E-state index in [2.05, 4.69) is 5.32 Å². The number of hydrogen-bond acceptors (Lipinski definition) is 6. The van der Waals surface area contributed by atoms with Gasteiger partial charge in [-0.25, -0.2) is 18.4 Å². The molecular formula is C16H18N2O5S2. The molecule has 3 N–H and O–H groups in total. The SMILES string of the molecule is C[C@H](OC(=O)c1csc(S(N)(=O)=O)c1)C(=O)N[C@H](C)c1ccccc1. The largest absolute Gasteiger partial charge is 0.449 e. The van der Waals surface area contributed by atoms with E-state index in [1.165, 1.54) is 12.3 Å². The van der Waals surface area contributed by atoms with Gasteiger partial charge < -0.3 is 10.1 Å². The highest BCUT2D eigenvalue weighted by molar-refractivity contribution is 7.91. The van der Waals surface area contributed by atoms with Gasteiger partial charge in [0, 0.05) is 5.38 Å². The molecule has 1 aromatic carbocycles. The molecule has 0 radical (unpaired) electrons. The standard InChI is InChI=1S/C16H18N2O5S2/c1-10(12-6-4-3-5-7-12)18-15(19)11(2)23-16(20)13-8-14(24-9-13)25(17,21)22/h3-11H,1-2H3,(H,18,19)(H2,17,21,22)/t10-,11+/m1/s1. The summed E-state index contributed by atoms with van der Waals surface area (Å²) in [7, 11) is -3.88. The van der Waals surface area contributed by atoms with Crippen molar-refractivity contribution < 1.29 is 22.7 Å². The van der Waals surface area contributed by atoms with Crippen molar-refractivity contribution in [2.24, 2.45) is 5.14 Å². The summed E-state index contributed by atoms with van der Waals surface area (Å²) >= 11 is 0.814. The van der Waals surface area contributed by atoms with Gasteiger partial charge in [0.1, 0.15) is 4.21 Å². The number of carbonyl (C=O) groups excluding carboxylic acids is 2. The van der Waals surface area contributed by atoms with Crippen molar-refractivity contribution in [2.45, 2.75) is 30.2 Å². The van der Waals surface area contributed by atoms with Crippen LogP contribution in [0.25, 0.3) is 0 Å². The lowest BCUT2D eigenvalue weighted by atomic mass is 10.1. The lowest BCUT2D eigenvalue weighted by molar-refractivity contribution is -0.129. The highest BCUT2D eigenvalue weighted by Gasteiger charge is 2.22. The summed E-state index contributed by atoms with van der Waals surface area (Å²) in [5.41, 5.74) is 0.954. The number of sulfonamides is 1. The molecule has 0 saturated carbocycles. The molecule has 25 heavy (non-hydrogen) atoms. The Balaban J connectivity index is 1.96. The maximum absolute atomic E-state index is 12.2. The van der Waals surface area contributed by atoms with Gasteiger partial charge in [0.15, 0.2) is 6.10 Å². The molecule has 134 valence electrons. The van der Waals surface area contributed by atoms with E-state index >= 15 is 0 Å². The van der Waals surface area contributed by atoms with Gasteiger partial charge in [-0.2, -0.15) is 0 Å². The molecule has 2 rings (SSSR count). The zero-order valence-electron chi connectivity index (χ0n) is 13.6. The molecule has 0 aliphatic rings. The van der Waals surface area contributed by atoms with E-state index in [1.807, 2.05) is 37.3 Å². The number of esters is 1. The van der Waals surface area contributed by atoms with Gasteiger partial charge in [0.05, 0.1) is 11.6 Å². The van der Waals surface area contributed by atoms with Crippen molar-refractivity contribution in [3.63, 3.8) is 0 Å². The number of ether oxygens (including phenoxy) is 1. The summed E-state index contributed by atoms with van der Waals surface area (Å²) in [6.45, 7) is 3.26. The molecular weight excluding hydrogens is 364 g/mol. The van der Waals surface area contributed by atoms with Crippen LogP contribution in [-0.2, 0) is 19.6 Å². The summed E-state index contributed by atoms with van der Waals surface area (Å²) in [6.07, 6.45) is -1.03. The number of primary sulfonamides is 1. The van der Waals surface area contributed by atoms with Gasteiger partial charge in [-0.15, -0.1) is 11.3 Å². The van der Waals surface area contributed by atoms with Crippen LogP contribution in [0.4, 0.5) is 0 Å². The summed E-state index contributed by atoms with van der Waals surface area (Å²) in [6, 6.07) is 10.2. The average molecular weight is 382 g/mol. The van der Waals surface area contributed by atoms with E-state index in [9.17, 15) is 18.0 Å². The number of hydrogen-bond donors (Lipinski definition) is 2. The van der Waals surface area contributed by atoms with Crippen molar-refractivity contribution in [2.75, 3.05) is 0 Å². The quantitative estimate of drug-likeness (QED) is 0.739. The summed E-state index contributed by atoms with van der Waals surface area (Å²) < 4.78 is 27.4. The van der Waals surface area contributed by atoms with Crippen LogP contribution >= 0.6 is 11.3 Å². The zero-order valence-corrected chi connectivity index (χ0v) is 15.3. The Labute approximate surface area is 149 Å². The van der Waals surface area contributed by atoms with Gasteiger partial charge in [-0.1, -0.05) is 30.3 Å². The third kappa shape index (κ3) is 5.12. The second-order valence-corrected chi connectivity index (χ2v) is 8.09. The molecule has 1 amide bonds. The summed E-state index contributed by atoms with van der Waals surface area (Å²) in [4.78, 5) is 24.2.